The molecule has 7 heteroatoms. The van der Waals surface area contributed by atoms with Crippen LogP contribution >= 0.6 is 0 Å². The van der Waals surface area contributed by atoms with Gasteiger partial charge in [-0.05, 0) is 32.0 Å². The smallest absolute Gasteiger partial charge is 0.261 e. The van der Waals surface area contributed by atoms with E-state index in [1.165, 1.54) is 24.4 Å². The summed E-state index contributed by atoms with van der Waals surface area (Å²) in [6, 6.07) is 5.98. The predicted octanol–water partition coefficient (Wildman–Crippen LogP) is 1.06. The van der Waals surface area contributed by atoms with E-state index >= 15 is 0 Å². The minimum absolute atomic E-state index is 0.0433. The summed E-state index contributed by atoms with van der Waals surface area (Å²) in [5.41, 5.74) is 4.48. The first-order valence-corrected chi connectivity index (χ1v) is 6.30. The Morgan fingerprint density at radius 1 is 1.38 bits per heavy atom. The van der Waals surface area contributed by atoms with Gasteiger partial charge in [-0.3, -0.25) is 9.48 Å². The van der Waals surface area contributed by atoms with E-state index in [4.69, 9.17) is 5.11 Å². The number of rotatable bonds is 4. The van der Waals surface area contributed by atoms with Crippen molar-refractivity contribution in [2.45, 2.75) is 20.4 Å². The number of phenols is 2. The molecule has 7 nitrogen and oxygen atoms in total. The van der Waals surface area contributed by atoms with E-state index in [2.05, 4.69) is 15.6 Å². The quantitative estimate of drug-likeness (QED) is 0.578. The number of aromatic hydroxyl groups is 2. The minimum Gasteiger partial charge on any atom is -0.508 e. The van der Waals surface area contributed by atoms with Crippen molar-refractivity contribution in [1.29, 1.82) is 0 Å². The van der Waals surface area contributed by atoms with Crippen LogP contribution in [0.4, 0.5) is 0 Å². The first-order chi connectivity index (χ1) is 9.95. The number of carbonyl (C=O) groups is 1. The van der Waals surface area contributed by atoms with E-state index < -0.39 is 0 Å². The first kappa shape index (κ1) is 14.6. The zero-order valence-corrected chi connectivity index (χ0v) is 11.7. The molecule has 1 heterocycles. The number of amides is 1. The van der Waals surface area contributed by atoms with E-state index in [0.717, 1.165) is 11.4 Å². The largest absolute Gasteiger partial charge is 0.508 e. The van der Waals surface area contributed by atoms with Gasteiger partial charge in [0.1, 0.15) is 18.0 Å². The predicted molar refractivity (Wildman–Crippen MR) is 77.2 cm³/mol. The summed E-state index contributed by atoms with van der Waals surface area (Å²) < 4.78 is 1.58. The number of nitrogens with one attached hydrogen (secondary N) is 1. The van der Waals surface area contributed by atoms with Crippen LogP contribution < -0.4 is 5.43 Å². The normalized spacial score (nSPS) is 11.0. The summed E-state index contributed by atoms with van der Waals surface area (Å²) >= 11 is 0. The molecule has 110 valence electrons. The van der Waals surface area contributed by atoms with Gasteiger partial charge < -0.3 is 10.2 Å². The fourth-order valence-electron chi connectivity index (χ4n) is 1.82. The minimum atomic E-state index is -0.323. The molecule has 0 unspecified atom stereocenters. The Morgan fingerprint density at radius 2 is 2.14 bits per heavy atom. The highest BCUT2D eigenvalue weighted by molar-refractivity contribution is 5.85. The molecular weight excluding hydrogens is 272 g/mol. The maximum Gasteiger partial charge on any atom is 0.261 e. The van der Waals surface area contributed by atoms with Crippen molar-refractivity contribution in [3.8, 4) is 11.5 Å². The molecule has 0 spiro atoms. The molecule has 0 saturated carbocycles. The molecule has 1 aromatic carbocycles. The van der Waals surface area contributed by atoms with Gasteiger partial charge in [0, 0.05) is 17.3 Å². The van der Waals surface area contributed by atoms with Crippen LogP contribution in [0.25, 0.3) is 0 Å². The molecule has 21 heavy (non-hydrogen) atoms. The first-order valence-electron chi connectivity index (χ1n) is 6.30. The highest BCUT2D eigenvalue weighted by atomic mass is 16.3. The van der Waals surface area contributed by atoms with Gasteiger partial charge in [-0.2, -0.15) is 10.2 Å². The molecule has 0 aliphatic heterocycles. The number of aryl methyl sites for hydroxylation is 2. The molecule has 0 bridgehead atoms. The van der Waals surface area contributed by atoms with Crippen molar-refractivity contribution in [2.75, 3.05) is 0 Å². The molecule has 2 rings (SSSR count). The number of nitrogens with zero attached hydrogens (tertiary/aromatic N) is 3. The molecule has 0 atom stereocenters. The number of carbonyl (C=O) groups excluding carboxylic acids is 1. The summed E-state index contributed by atoms with van der Waals surface area (Å²) in [6.07, 6.45) is 1.30. The van der Waals surface area contributed by atoms with Crippen LogP contribution in [-0.2, 0) is 11.3 Å². The second kappa shape index (κ2) is 6.08. The third kappa shape index (κ3) is 3.82. The third-order valence-corrected chi connectivity index (χ3v) is 2.80. The number of hydrazone groups is 1. The lowest BCUT2D eigenvalue weighted by Gasteiger charge is -2.03. The Bertz CT molecular complexity index is 692. The Morgan fingerprint density at radius 3 is 2.76 bits per heavy atom. The number of aromatic nitrogens is 2. The van der Waals surface area contributed by atoms with Gasteiger partial charge >= 0.3 is 0 Å². The fourth-order valence-corrected chi connectivity index (χ4v) is 1.82. The van der Waals surface area contributed by atoms with Crippen LogP contribution in [0.3, 0.4) is 0 Å². The molecule has 2 aromatic rings. The molecule has 1 aromatic heterocycles. The van der Waals surface area contributed by atoms with Crippen LogP contribution in [0.1, 0.15) is 17.0 Å². The summed E-state index contributed by atoms with van der Waals surface area (Å²) in [5, 5.41) is 26.6. The summed E-state index contributed by atoms with van der Waals surface area (Å²) in [6.45, 7) is 3.79. The molecule has 3 N–H and O–H groups in total. The zero-order valence-electron chi connectivity index (χ0n) is 11.7. The lowest BCUT2D eigenvalue weighted by Crippen LogP contribution is -2.24. The van der Waals surface area contributed by atoms with Gasteiger partial charge in [0.25, 0.3) is 5.91 Å². The van der Waals surface area contributed by atoms with E-state index in [0.29, 0.717) is 5.56 Å². The average Bonchev–Trinajstić information content (AvgIpc) is 2.70. The number of hydrogen-bond donors (Lipinski definition) is 3. The monoisotopic (exact) mass is 288 g/mol. The van der Waals surface area contributed by atoms with E-state index in [1.807, 2.05) is 19.9 Å². The fraction of sp³-hybridized carbons (Fsp3) is 0.214. The summed E-state index contributed by atoms with van der Waals surface area (Å²) in [7, 11) is 0. The van der Waals surface area contributed by atoms with E-state index in [9.17, 15) is 9.90 Å². The second-order valence-corrected chi connectivity index (χ2v) is 4.62. The summed E-state index contributed by atoms with van der Waals surface area (Å²) in [5.74, 6) is -0.486. The molecule has 0 fully saturated rings. The van der Waals surface area contributed by atoms with Crippen molar-refractivity contribution in [3.05, 3.63) is 41.2 Å². The topological polar surface area (TPSA) is 99.7 Å². The lowest BCUT2D eigenvalue weighted by atomic mass is 10.2. The van der Waals surface area contributed by atoms with Gasteiger partial charge in [-0.15, -0.1) is 0 Å². The van der Waals surface area contributed by atoms with E-state index in [-0.39, 0.29) is 24.0 Å². The summed E-state index contributed by atoms with van der Waals surface area (Å²) in [4.78, 5) is 11.7. The highest BCUT2D eigenvalue weighted by Crippen LogP contribution is 2.20. The van der Waals surface area contributed by atoms with Crippen LogP contribution in [0, 0.1) is 13.8 Å². The zero-order chi connectivity index (χ0) is 15.4. The Balaban J connectivity index is 1.94. The van der Waals surface area contributed by atoms with Crippen molar-refractivity contribution in [2.24, 2.45) is 5.10 Å². The van der Waals surface area contributed by atoms with Crippen molar-refractivity contribution >= 4 is 12.1 Å². The van der Waals surface area contributed by atoms with Gasteiger partial charge in [0.05, 0.1) is 11.9 Å². The maximum atomic E-state index is 11.7. The molecule has 0 radical (unpaired) electrons. The molecule has 0 saturated heterocycles. The van der Waals surface area contributed by atoms with Crippen LogP contribution in [0.5, 0.6) is 11.5 Å². The second-order valence-electron chi connectivity index (χ2n) is 4.62. The van der Waals surface area contributed by atoms with E-state index in [1.54, 1.807) is 4.68 Å². The van der Waals surface area contributed by atoms with Crippen molar-refractivity contribution in [3.63, 3.8) is 0 Å². The van der Waals surface area contributed by atoms with Gasteiger partial charge in [0.2, 0.25) is 0 Å². The van der Waals surface area contributed by atoms with Crippen LogP contribution in [0.15, 0.2) is 29.4 Å². The van der Waals surface area contributed by atoms with Crippen molar-refractivity contribution in [1.82, 2.24) is 15.2 Å². The van der Waals surface area contributed by atoms with Crippen LogP contribution in [-0.4, -0.2) is 32.1 Å². The maximum absolute atomic E-state index is 11.7. The Labute approximate surface area is 121 Å². The Hall–Kier alpha value is -2.83. The van der Waals surface area contributed by atoms with Gasteiger partial charge in [0.15, 0.2) is 0 Å². The Kier molecular flexibility index (Phi) is 4.22. The molecule has 0 aliphatic rings. The van der Waals surface area contributed by atoms with Gasteiger partial charge in [-0.25, -0.2) is 5.43 Å². The van der Waals surface area contributed by atoms with Crippen molar-refractivity contribution < 1.29 is 15.0 Å². The number of hydrogen-bond acceptors (Lipinski definition) is 5. The SMILES string of the molecule is Cc1cc(C)n(CC(=O)N/N=C/c2ccc(O)cc2O)n1. The molecular formula is C14H16N4O3. The average molecular weight is 288 g/mol. The highest BCUT2D eigenvalue weighted by Gasteiger charge is 2.06. The van der Waals surface area contributed by atoms with Gasteiger partial charge in [-0.1, -0.05) is 0 Å². The third-order valence-electron chi connectivity index (χ3n) is 2.80. The lowest BCUT2D eigenvalue weighted by molar-refractivity contribution is -0.121. The molecule has 0 aliphatic carbocycles. The molecule has 1 amide bonds. The number of phenolic OH excluding ortho intramolecular Hbond substituents is 2. The number of benzene rings is 1. The van der Waals surface area contributed by atoms with Crippen LogP contribution in [0.2, 0.25) is 0 Å². The standard InChI is InChI=1S/C14H16N4O3/c1-9-5-10(2)18(17-9)8-14(21)16-15-7-11-3-4-12(19)6-13(11)20/h3-7,19-20H,8H2,1-2H3,(H,16,21)/b15-7+.